The van der Waals surface area contributed by atoms with Crippen LogP contribution in [0.25, 0.3) is 10.8 Å². The number of hydrogen-bond acceptors (Lipinski definition) is 4. The van der Waals surface area contributed by atoms with E-state index in [9.17, 15) is 4.79 Å². The highest BCUT2D eigenvalue weighted by atomic mass is 16.5. The number of likely N-dealkylation sites (tertiary alicyclic amines) is 2. The molecule has 0 spiro atoms. The maximum absolute atomic E-state index is 12.6. The molecule has 0 unspecified atom stereocenters. The highest BCUT2D eigenvalue weighted by Gasteiger charge is 2.28. The van der Waals surface area contributed by atoms with Gasteiger partial charge in [-0.2, -0.15) is 0 Å². The van der Waals surface area contributed by atoms with Gasteiger partial charge in [-0.05, 0) is 48.6 Å². The molecule has 0 saturated carbocycles. The van der Waals surface area contributed by atoms with E-state index in [1.165, 1.54) is 16.3 Å². The summed E-state index contributed by atoms with van der Waals surface area (Å²) in [6.07, 6.45) is 4.39. The van der Waals surface area contributed by atoms with Gasteiger partial charge in [0.1, 0.15) is 0 Å². The van der Waals surface area contributed by atoms with Gasteiger partial charge in [-0.25, -0.2) is 0 Å². The molecule has 2 aliphatic rings. The van der Waals surface area contributed by atoms with Crippen molar-refractivity contribution in [3.8, 4) is 0 Å². The summed E-state index contributed by atoms with van der Waals surface area (Å²) in [6.45, 7) is 4.65. The number of rotatable bonds is 4. The van der Waals surface area contributed by atoms with Crippen molar-refractivity contribution >= 4 is 16.7 Å². The van der Waals surface area contributed by atoms with E-state index in [0.717, 1.165) is 64.1 Å². The van der Waals surface area contributed by atoms with E-state index in [1.54, 1.807) is 0 Å². The van der Waals surface area contributed by atoms with Crippen molar-refractivity contribution < 1.29 is 9.32 Å². The molecule has 1 atom stereocenters. The predicted molar refractivity (Wildman–Crippen MR) is 113 cm³/mol. The van der Waals surface area contributed by atoms with Crippen LogP contribution in [0.5, 0.6) is 0 Å². The van der Waals surface area contributed by atoms with Crippen LogP contribution in [0.15, 0.2) is 53.1 Å². The summed E-state index contributed by atoms with van der Waals surface area (Å²) in [5.74, 6) is 0.709. The first-order chi connectivity index (χ1) is 14.3. The van der Waals surface area contributed by atoms with Crippen molar-refractivity contribution in [2.45, 2.75) is 38.1 Å². The molecule has 0 radical (unpaired) electrons. The number of piperidine rings is 1. The molecule has 0 N–H and O–H groups in total. The molecule has 5 nitrogen and oxygen atoms in total. The Hall–Kier alpha value is -2.66. The molecule has 29 heavy (non-hydrogen) atoms. The SMILES string of the molecule is O=C(c1cc([C@@H]2CCCN(Cc3cccc4ccccc34)C2)no1)N1CCCC1. The molecule has 2 saturated heterocycles. The van der Waals surface area contributed by atoms with Gasteiger partial charge in [0.2, 0.25) is 5.76 Å². The summed E-state index contributed by atoms with van der Waals surface area (Å²) < 4.78 is 5.44. The van der Waals surface area contributed by atoms with Crippen LogP contribution in [0.3, 0.4) is 0 Å². The van der Waals surface area contributed by atoms with Gasteiger partial charge in [0, 0.05) is 38.2 Å². The van der Waals surface area contributed by atoms with E-state index < -0.39 is 0 Å². The summed E-state index contributed by atoms with van der Waals surface area (Å²) in [4.78, 5) is 16.9. The monoisotopic (exact) mass is 389 g/mol. The third-order valence-corrected chi connectivity index (χ3v) is 6.33. The number of benzene rings is 2. The average molecular weight is 389 g/mol. The zero-order valence-corrected chi connectivity index (χ0v) is 16.7. The topological polar surface area (TPSA) is 49.6 Å². The lowest BCUT2D eigenvalue weighted by molar-refractivity contribution is 0.0751. The van der Waals surface area contributed by atoms with Gasteiger partial charge in [-0.3, -0.25) is 9.69 Å². The Kier molecular flexibility index (Phi) is 5.06. The fourth-order valence-electron chi connectivity index (χ4n) is 4.77. The largest absolute Gasteiger partial charge is 0.351 e. The standard InChI is InChI=1S/C24H27N3O2/c28-24(27-13-3-4-14-27)23-15-22(25-29-23)20-10-6-12-26(17-20)16-19-9-5-8-18-7-1-2-11-21(18)19/h1-2,5,7-9,11,15,20H,3-4,6,10,12-14,16-17H2/t20-/m1/s1. The quantitative estimate of drug-likeness (QED) is 0.662. The maximum atomic E-state index is 12.6. The Bertz CT molecular complexity index is 1000. The minimum Gasteiger partial charge on any atom is -0.351 e. The number of nitrogens with zero attached hydrogens (tertiary/aromatic N) is 3. The van der Waals surface area contributed by atoms with Gasteiger partial charge < -0.3 is 9.42 Å². The number of hydrogen-bond donors (Lipinski definition) is 0. The van der Waals surface area contributed by atoms with Gasteiger partial charge >= 0.3 is 0 Å². The zero-order chi connectivity index (χ0) is 19.6. The molecule has 2 aromatic carbocycles. The first-order valence-corrected chi connectivity index (χ1v) is 10.7. The van der Waals surface area contributed by atoms with Crippen LogP contribution in [-0.4, -0.2) is 47.0 Å². The van der Waals surface area contributed by atoms with E-state index in [4.69, 9.17) is 4.52 Å². The first-order valence-electron chi connectivity index (χ1n) is 10.7. The molecule has 2 aliphatic heterocycles. The van der Waals surface area contributed by atoms with Crippen LogP contribution < -0.4 is 0 Å². The summed E-state index contributed by atoms with van der Waals surface area (Å²) in [5, 5.41) is 6.90. The molecule has 0 bridgehead atoms. The number of fused-ring (bicyclic) bond motifs is 1. The molecule has 3 aromatic rings. The second-order valence-corrected chi connectivity index (χ2v) is 8.33. The lowest BCUT2D eigenvalue weighted by Gasteiger charge is -2.32. The smallest absolute Gasteiger partial charge is 0.292 e. The molecular formula is C24H27N3O2. The number of aromatic nitrogens is 1. The van der Waals surface area contributed by atoms with E-state index in [1.807, 2.05) is 11.0 Å². The molecule has 5 heteroatoms. The number of carbonyl (C=O) groups excluding carboxylic acids is 1. The van der Waals surface area contributed by atoms with Crippen molar-refractivity contribution in [3.05, 3.63) is 65.5 Å². The van der Waals surface area contributed by atoms with Gasteiger partial charge in [0.15, 0.2) is 0 Å². The van der Waals surface area contributed by atoms with Crippen molar-refractivity contribution in [3.63, 3.8) is 0 Å². The summed E-state index contributed by atoms with van der Waals surface area (Å²) in [6, 6.07) is 17.0. The third kappa shape index (κ3) is 3.79. The highest BCUT2D eigenvalue weighted by molar-refractivity contribution is 5.91. The normalized spacial score (nSPS) is 20.4. The van der Waals surface area contributed by atoms with Crippen LogP contribution in [0, 0.1) is 0 Å². The van der Waals surface area contributed by atoms with Crippen LogP contribution in [0.4, 0.5) is 0 Å². The Labute approximate surface area is 171 Å². The molecule has 0 aliphatic carbocycles. The minimum atomic E-state index is -0.00956. The molecule has 3 heterocycles. The van der Waals surface area contributed by atoms with E-state index in [-0.39, 0.29) is 5.91 Å². The Morgan fingerprint density at radius 3 is 2.76 bits per heavy atom. The fraction of sp³-hybridized carbons (Fsp3) is 0.417. The van der Waals surface area contributed by atoms with Crippen LogP contribution >= 0.6 is 0 Å². The van der Waals surface area contributed by atoms with Crippen molar-refractivity contribution in [2.75, 3.05) is 26.2 Å². The minimum absolute atomic E-state index is 0.00956. The average Bonchev–Trinajstić information content (AvgIpc) is 3.46. The fourth-order valence-corrected chi connectivity index (χ4v) is 4.77. The van der Waals surface area contributed by atoms with Crippen molar-refractivity contribution in [1.29, 1.82) is 0 Å². The molecule has 150 valence electrons. The summed E-state index contributed by atoms with van der Waals surface area (Å²) in [5.41, 5.74) is 2.30. The summed E-state index contributed by atoms with van der Waals surface area (Å²) in [7, 11) is 0. The molecular weight excluding hydrogens is 362 g/mol. The second kappa shape index (κ2) is 7.99. The van der Waals surface area contributed by atoms with E-state index >= 15 is 0 Å². The zero-order valence-electron chi connectivity index (χ0n) is 16.7. The third-order valence-electron chi connectivity index (χ3n) is 6.33. The molecule has 1 amide bonds. The Balaban J connectivity index is 1.29. The van der Waals surface area contributed by atoms with Crippen LogP contribution in [0.2, 0.25) is 0 Å². The van der Waals surface area contributed by atoms with E-state index in [0.29, 0.717) is 11.7 Å². The first kappa shape index (κ1) is 18.4. The van der Waals surface area contributed by atoms with Gasteiger partial charge in [0.25, 0.3) is 5.91 Å². The Morgan fingerprint density at radius 2 is 1.86 bits per heavy atom. The lowest BCUT2D eigenvalue weighted by atomic mass is 9.94. The molecule has 2 fully saturated rings. The van der Waals surface area contributed by atoms with E-state index in [2.05, 4.69) is 52.5 Å². The number of carbonyl (C=O) groups is 1. The van der Waals surface area contributed by atoms with Crippen LogP contribution in [-0.2, 0) is 6.54 Å². The van der Waals surface area contributed by atoms with Gasteiger partial charge in [-0.15, -0.1) is 0 Å². The number of amides is 1. The maximum Gasteiger partial charge on any atom is 0.292 e. The Morgan fingerprint density at radius 1 is 1.03 bits per heavy atom. The highest BCUT2D eigenvalue weighted by Crippen LogP contribution is 2.29. The summed E-state index contributed by atoms with van der Waals surface area (Å²) >= 11 is 0. The molecule has 1 aromatic heterocycles. The molecule has 5 rings (SSSR count). The van der Waals surface area contributed by atoms with Gasteiger partial charge in [0.05, 0.1) is 5.69 Å². The van der Waals surface area contributed by atoms with Crippen LogP contribution in [0.1, 0.15) is 53.4 Å². The van der Waals surface area contributed by atoms with Crippen molar-refractivity contribution in [2.24, 2.45) is 0 Å². The second-order valence-electron chi connectivity index (χ2n) is 8.33. The van der Waals surface area contributed by atoms with Crippen molar-refractivity contribution in [1.82, 2.24) is 15.0 Å². The van der Waals surface area contributed by atoms with Gasteiger partial charge in [-0.1, -0.05) is 47.6 Å². The predicted octanol–water partition coefficient (Wildman–Crippen LogP) is 4.44. The lowest BCUT2D eigenvalue weighted by Crippen LogP contribution is -2.34.